The first-order valence-electron chi connectivity index (χ1n) is 12.3. The fourth-order valence-electron chi connectivity index (χ4n) is 5.11. The van der Waals surface area contributed by atoms with E-state index in [2.05, 4.69) is 32.8 Å². The molecule has 0 unspecified atom stereocenters. The summed E-state index contributed by atoms with van der Waals surface area (Å²) < 4.78 is 1.88. The summed E-state index contributed by atoms with van der Waals surface area (Å²) in [5.74, 6) is 1.18. The number of anilines is 1. The van der Waals surface area contributed by atoms with Crippen molar-refractivity contribution in [2.45, 2.75) is 44.4 Å². The molecule has 0 bridgehead atoms. The van der Waals surface area contributed by atoms with Crippen LogP contribution in [0.15, 0.2) is 55.4 Å². The van der Waals surface area contributed by atoms with Crippen LogP contribution in [0.4, 0.5) is 5.82 Å². The van der Waals surface area contributed by atoms with Crippen molar-refractivity contribution in [2.24, 2.45) is 0 Å². The van der Waals surface area contributed by atoms with Crippen molar-refractivity contribution in [1.82, 2.24) is 29.4 Å². The Morgan fingerprint density at radius 2 is 1.86 bits per heavy atom. The summed E-state index contributed by atoms with van der Waals surface area (Å²) in [7, 11) is 0. The Kier molecular flexibility index (Phi) is 5.38. The normalized spacial score (nSPS) is 20.6. The van der Waals surface area contributed by atoms with Crippen molar-refractivity contribution in [3.8, 4) is 23.0 Å². The van der Waals surface area contributed by atoms with E-state index in [1.54, 1.807) is 42.0 Å². The zero-order chi connectivity index (χ0) is 25.7. The van der Waals surface area contributed by atoms with Gasteiger partial charge in [-0.25, -0.2) is 15.0 Å². The summed E-state index contributed by atoms with van der Waals surface area (Å²) in [6.07, 6.45) is 9.68. The van der Waals surface area contributed by atoms with Crippen LogP contribution in [0.25, 0.3) is 28.0 Å². The Labute approximate surface area is 213 Å². The van der Waals surface area contributed by atoms with E-state index in [1.807, 2.05) is 29.8 Å². The Morgan fingerprint density at radius 3 is 2.59 bits per heavy atom. The highest BCUT2D eigenvalue weighted by atomic mass is 16.3. The number of amides is 1. The average molecular weight is 495 g/mol. The number of rotatable bonds is 4. The Balaban J connectivity index is 1.48. The molecule has 186 valence electrons. The first-order chi connectivity index (χ1) is 17.9. The van der Waals surface area contributed by atoms with Crippen molar-refractivity contribution in [2.75, 3.05) is 18.0 Å². The maximum Gasteiger partial charge on any atom is 0.254 e. The van der Waals surface area contributed by atoms with Crippen molar-refractivity contribution < 1.29 is 9.90 Å². The number of aliphatic hydroxyl groups is 1. The smallest absolute Gasteiger partial charge is 0.254 e. The van der Waals surface area contributed by atoms with Gasteiger partial charge in [0.15, 0.2) is 5.65 Å². The quantitative estimate of drug-likeness (QED) is 0.459. The van der Waals surface area contributed by atoms with Crippen LogP contribution in [0.5, 0.6) is 0 Å². The zero-order valence-electron chi connectivity index (χ0n) is 20.6. The fraction of sp³-hybridized carbons (Fsp3) is 0.333. The molecule has 1 amide bonds. The van der Waals surface area contributed by atoms with Gasteiger partial charge in [0, 0.05) is 55.5 Å². The summed E-state index contributed by atoms with van der Waals surface area (Å²) in [6, 6.07) is 9.32. The molecule has 0 aromatic carbocycles. The molecule has 6 rings (SSSR count). The lowest BCUT2D eigenvalue weighted by atomic mass is 10.0. The summed E-state index contributed by atoms with van der Waals surface area (Å²) in [5, 5.41) is 20.7. The third-order valence-electron chi connectivity index (χ3n) is 7.32. The molecule has 37 heavy (non-hydrogen) atoms. The van der Waals surface area contributed by atoms with Crippen molar-refractivity contribution in [1.29, 1.82) is 5.26 Å². The molecule has 2 fully saturated rings. The predicted octanol–water partition coefficient (Wildman–Crippen LogP) is 2.70. The van der Waals surface area contributed by atoms with Gasteiger partial charge in [0.05, 0.1) is 17.0 Å². The summed E-state index contributed by atoms with van der Waals surface area (Å²) in [5.41, 5.74) is 1.87. The molecule has 1 saturated heterocycles. The second-order valence-corrected chi connectivity index (χ2v) is 9.90. The van der Waals surface area contributed by atoms with Gasteiger partial charge in [-0.05, 0) is 56.5 Å². The molecular formula is C27H26N8O2. The monoisotopic (exact) mass is 494 g/mol. The second-order valence-electron chi connectivity index (χ2n) is 9.90. The van der Waals surface area contributed by atoms with Gasteiger partial charge in [-0.1, -0.05) is 0 Å². The SMILES string of the molecule is C[C@@H]1CN(c2ncnc3c2c(-c2ccncc2)cn3-c2cc(C#N)ccn2)[C@@H](C)CN1C(=O)C1(O)CC1. The van der Waals surface area contributed by atoms with E-state index >= 15 is 0 Å². The van der Waals surface area contributed by atoms with Crippen molar-refractivity contribution in [3.05, 3.63) is 60.9 Å². The highest BCUT2D eigenvalue weighted by Crippen LogP contribution is 2.40. The fourth-order valence-corrected chi connectivity index (χ4v) is 5.11. The minimum atomic E-state index is -1.19. The molecule has 4 aromatic rings. The highest BCUT2D eigenvalue weighted by molar-refractivity contribution is 6.02. The lowest BCUT2D eigenvalue weighted by Crippen LogP contribution is -2.60. The molecule has 2 atom stereocenters. The topological polar surface area (TPSA) is 124 Å². The van der Waals surface area contributed by atoms with Crippen molar-refractivity contribution in [3.63, 3.8) is 0 Å². The number of carbonyl (C=O) groups is 1. The number of nitrogens with zero attached hydrogens (tertiary/aromatic N) is 8. The van der Waals surface area contributed by atoms with Gasteiger partial charge in [-0.3, -0.25) is 14.3 Å². The number of fused-ring (bicyclic) bond motifs is 1. The predicted molar refractivity (Wildman–Crippen MR) is 137 cm³/mol. The van der Waals surface area contributed by atoms with Crippen LogP contribution in [-0.2, 0) is 4.79 Å². The largest absolute Gasteiger partial charge is 0.380 e. The molecule has 1 aliphatic heterocycles. The number of aromatic nitrogens is 5. The van der Waals surface area contributed by atoms with Gasteiger partial charge in [0.1, 0.15) is 23.6 Å². The third kappa shape index (κ3) is 3.88. The number of hydrogen-bond acceptors (Lipinski definition) is 8. The Hall–Kier alpha value is -4.36. The van der Waals surface area contributed by atoms with Crippen LogP contribution in [-0.4, -0.2) is 71.2 Å². The molecule has 1 N–H and O–H groups in total. The van der Waals surface area contributed by atoms with E-state index in [9.17, 15) is 15.2 Å². The third-order valence-corrected chi connectivity index (χ3v) is 7.32. The summed E-state index contributed by atoms with van der Waals surface area (Å²) in [4.78, 5) is 35.0. The molecule has 10 nitrogen and oxygen atoms in total. The van der Waals surface area contributed by atoms with Crippen LogP contribution in [0.2, 0.25) is 0 Å². The molecule has 1 saturated carbocycles. The summed E-state index contributed by atoms with van der Waals surface area (Å²) in [6.45, 7) is 5.13. The van der Waals surface area contributed by atoms with E-state index in [4.69, 9.17) is 4.98 Å². The molecule has 4 aromatic heterocycles. The highest BCUT2D eigenvalue weighted by Gasteiger charge is 2.52. The number of pyridine rings is 2. The number of nitriles is 1. The first-order valence-corrected chi connectivity index (χ1v) is 12.3. The van der Waals surface area contributed by atoms with E-state index < -0.39 is 5.60 Å². The van der Waals surface area contributed by atoms with Crippen LogP contribution in [0, 0.1) is 11.3 Å². The minimum absolute atomic E-state index is 0.0331. The Bertz CT molecular complexity index is 1540. The molecule has 0 radical (unpaired) electrons. The molecule has 10 heteroatoms. The van der Waals surface area contributed by atoms with Crippen LogP contribution in [0.1, 0.15) is 32.3 Å². The van der Waals surface area contributed by atoms with Crippen molar-refractivity contribution >= 4 is 22.8 Å². The standard InChI is InChI=1S/C27H26N8O2/c1-17-14-34(26(36)27(37)6-7-27)18(2)13-33(17)24-23-21(20-4-8-29-9-5-20)15-35(25(23)32-16-31-24)22-11-19(12-28)3-10-30-22/h3-5,8-11,15-18,37H,6-7,13-14H2,1-2H3/t17-,18+/m0/s1. The molecule has 2 aliphatic rings. The van der Waals surface area contributed by atoms with Gasteiger partial charge in [0.25, 0.3) is 5.91 Å². The zero-order valence-corrected chi connectivity index (χ0v) is 20.6. The lowest BCUT2D eigenvalue weighted by Gasteiger charge is -2.45. The average Bonchev–Trinajstić information content (AvgIpc) is 3.56. The maximum atomic E-state index is 12.9. The van der Waals surface area contributed by atoms with E-state index in [0.717, 1.165) is 22.3 Å². The van der Waals surface area contributed by atoms with Gasteiger partial charge in [-0.15, -0.1) is 0 Å². The van der Waals surface area contributed by atoms with E-state index in [0.29, 0.717) is 43.0 Å². The Morgan fingerprint density at radius 1 is 1.08 bits per heavy atom. The van der Waals surface area contributed by atoms with Crippen LogP contribution >= 0.6 is 0 Å². The molecule has 0 spiro atoms. The molecule has 5 heterocycles. The number of piperazine rings is 1. The lowest BCUT2D eigenvalue weighted by molar-refractivity contribution is -0.145. The van der Waals surface area contributed by atoms with Gasteiger partial charge in [-0.2, -0.15) is 5.26 Å². The van der Waals surface area contributed by atoms with E-state index in [-0.39, 0.29) is 18.0 Å². The molecular weight excluding hydrogens is 468 g/mol. The van der Waals surface area contributed by atoms with Gasteiger partial charge < -0.3 is 14.9 Å². The van der Waals surface area contributed by atoms with Gasteiger partial charge in [0.2, 0.25) is 0 Å². The number of carbonyl (C=O) groups excluding carboxylic acids is 1. The van der Waals surface area contributed by atoms with Gasteiger partial charge >= 0.3 is 0 Å². The minimum Gasteiger partial charge on any atom is -0.380 e. The maximum absolute atomic E-state index is 12.9. The van der Waals surface area contributed by atoms with E-state index in [1.165, 1.54) is 0 Å². The first kappa shape index (κ1) is 23.1. The second kappa shape index (κ2) is 8.64. The van der Waals surface area contributed by atoms with Crippen LogP contribution < -0.4 is 4.90 Å². The number of hydrogen-bond donors (Lipinski definition) is 1. The molecule has 1 aliphatic carbocycles. The summed E-state index contributed by atoms with van der Waals surface area (Å²) >= 11 is 0. The van der Waals surface area contributed by atoms with Crippen LogP contribution in [0.3, 0.4) is 0 Å².